The van der Waals surface area contributed by atoms with Crippen molar-refractivity contribution in [1.82, 2.24) is 9.55 Å². The Morgan fingerprint density at radius 1 is 1.32 bits per heavy atom. The number of carbonyl (C=O) groups is 1. The number of benzene rings is 1. The van der Waals surface area contributed by atoms with Crippen molar-refractivity contribution in [2.75, 3.05) is 0 Å². The smallest absolute Gasteiger partial charge is 0.343 e. The summed E-state index contributed by atoms with van der Waals surface area (Å²) in [6.45, 7) is 5.24. The van der Waals surface area contributed by atoms with Crippen molar-refractivity contribution in [2.24, 2.45) is 5.73 Å². The maximum atomic E-state index is 14.3. The first-order valence-corrected chi connectivity index (χ1v) is 10.2. The summed E-state index contributed by atoms with van der Waals surface area (Å²) in [6, 6.07) is 4.37. The molecule has 160 valence electrons. The van der Waals surface area contributed by atoms with Crippen LogP contribution in [-0.4, -0.2) is 20.6 Å². The third-order valence-corrected chi connectivity index (χ3v) is 6.47. The fraction of sp³-hybridized carbons (Fsp3) is 0.348. The molecule has 0 aliphatic carbocycles. The van der Waals surface area contributed by atoms with E-state index in [-0.39, 0.29) is 48.1 Å². The van der Waals surface area contributed by atoms with Crippen LogP contribution in [0, 0.1) is 12.7 Å². The van der Waals surface area contributed by atoms with Crippen LogP contribution in [0.25, 0.3) is 22.3 Å². The average molecular weight is 423 g/mol. The summed E-state index contributed by atoms with van der Waals surface area (Å²) in [4.78, 5) is 30.3. The number of esters is 1. The van der Waals surface area contributed by atoms with E-state index in [1.54, 1.807) is 30.5 Å². The first-order chi connectivity index (χ1) is 14.7. The second-order valence-electron chi connectivity index (χ2n) is 8.36. The zero-order chi connectivity index (χ0) is 22.2. The number of aliphatic hydroxyl groups is 1. The number of aromatic nitrogens is 2. The Hall–Kier alpha value is -3.10. The highest BCUT2D eigenvalue weighted by molar-refractivity contribution is 5.90. The Morgan fingerprint density at radius 3 is 2.74 bits per heavy atom. The molecule has 2 atom stereocenters. The number of aryl methyl sites for hydroxylation is 1. The summed E-state index contributed by atoms with van der Waals surface area (Å²) in [5, 5.41) is 11.7. The first kappa shape index (κ1) is 19.8. The molecule has 3 N–H and O–H groups in total. The van der Waals surface area contributed by atoms with E-state index in [0.29, 0.717) is 22.5 Å². The summed E-state index contributed by atoms with van der Waals surface area (Å²) in [5.74, 6) is -1.15. The van der Waals surface area contributed by atoms with Crippen LogP contribution >= 0.6 is 0 Å². The number of ether oxygens (including phenoxy) is 1. The molecule has 5 rings (SSSR count). The van der Waals surface area contributed by atoms with Gasteiger partial charge < -0.3 is 20.1 Å². The predicted octanol–water partition coefficient (Wildman–Crippen LogP) is 2.55. The molecule has 31 heavy (non-hydrogen) atoms. The fourth-order valence-corrected chi connectivity index (χ4v) is 4.76. The van der Waals surface area contributed by atoms with Gasteiger partial charge in [0.05, 0.1) is 29.0 Å². The van der Waals surface area contributed by atoms with Gasteiger partial charge in [-0.3, -0.25) is 4.79 Å². The molecule has 0 bridgehead atoms. The molecule has 0 fully saturated rings. The fourth-order valence-electron chi connectivity index (χ4n) is 4.76. The summed E-state index contributed by atoms with van der Waals surface area (Å²) >= 11 is 0. The van der Waals surface area contributed by atoms with Crippen LogP contribution in [0.4, 0.5) is 4.39 Å². The molecule has 0 unspecified atom stereocenters. The Balaban J connectivity index is 1.86. The van der Waals surface area contributed by atoms with E-state index in [0.717, 1.165) is 16.5 Å². The zero-order valence-corrected chi connectivity index (χ0v) is 17.5. The van der Waals surface area contributed by atoms with Gasteiger partial charge in [-0.25, -0.2) is 14.2 Å². The zero-order valence-electron chi connectivity index (χ0n) is 17.5. The van der Waals surface area contributed by atoms with E-state index in [2.05, 4.69) is 4.98 Å². The molecule has 2 aliphatic heterocycles. The van der Waals surface area contributed by atoms with Crippen LogP contribution in [0.15, 0.2) is 23.0 Å². The molecule has 7 nitrogen and oxygen atoms in total. The van der Waals surface area contributed by atoms with Gasteiger partial charge in [0, 0.05) is 28.6 Å². The Morgan fingerprint density at radius 2 is 2.06 bits per heavy atom. The molecule has 0 amide bonds. The van der Waals surface area contributed by atoms with E-state index in [4.69, 9.17) is 10.5 Å². The Bertz CT molecular complexity index is 1360. The number of fused-ring (bicyclic) bond motifs is 5. The van der Waals surface area contributed by atoms with Gasteiger partial charge in [0.25, 0.3) is 5.56 Å². The maximum Gasteiger partial charge on any atom is 0.343 e. The number of rotatable bonds is 2. The normalized spacial score (nSPS) is 20.3. The van der Waals surface area contributed by atoms with E-state index in [1.165, 1.54) is 6.07 Å². The SMILES string of the molecule is CC[C@@]1(O)C(=O)OCc2c1cc1n(c2=O)Cc2c-1nc1cc(F)c(C)cc1c2[C@H](C)N. The summed E-state index contributed by atoms with van der Waals surface area (Å²) < 4.78 is 21.0. The molecular weight excluding hydrogens is 401 g/mol. The molecule has 8 heteroatoms. The summed E-state index contributed by atoms with van der Waals surface area (Å²) in [7, 11) is 0. The van der Waals surface area contributed by atoms with Gasteiger partial charge in [-0.1, -0.05) is 6.92 Å². The number of hydrogen-bond donors (Lipinski definition) is 2. The first-order valence-electron chi connectivity index (χ1n) is 10.2. The molecule has 3 aromatic rings. The molecule has 1 aromatic carbocycles. The van der Waals surface area contributed by atoms with Crippen LogP contribution < -0.4 is 11.3 Å². The van der Waals surface area contributed by atoms with Gasteiger partial charge in [0.2, 0.25) is 0 Å². The lowest BCUT2D eigenvalue weighted by molar-refractivity contribution is -0.172. The van der Waals surface area contributed by atoms with Gasteiger partial charge >= 0.3 is 5.97 Å². The average Bonchev–Trinajstić information content (AvgIpc) is 3.08. The molecular formula is C23H22FN3O4. The quantitative estimate of drug-likeness (QED) is 0.480. The number of cyclic esters (lactones) is 1. The molecule has 0 radical (unpaired) electrons. The summed E-state index contributed by atoms with van der Waals surface area (Å²) in [5.41, 5.74) is 8.10. The highest BCUT2D eigenvalue weighted by Gasteiger charge is 2.45. The molecule has 0 saturated heterocycles. The van der Waals surface area contributed by atoms with Crippen molar-refractivity contribution in [3.05, 3.63) is 62.2 Å². The summed E-state index contributed by atoms with van der Waals surface area (Å²) in [6.07, 6.45) is 0.0648. The van der Waals surface area contributed by atoms with E-state index >= 15 is 0 Å². The highest BCUT2D eigenvalue weighted by atomic mass is 19.1. The maximum absolute atomic E-state index is 14.3. The number of halogens is 1. The van der Waals surface area contributed by atoms with Crippen LogP contribution in [0.5, 0.6) is 0 Å². The van der Waals surface area contributed by atoms with E-state index in [9.17, 15) is 19.1 Å². The molecule has 0 spiro atoms. The predicted molar refractivity (Wildman–Crippen MR) is 112 cm³/mol. The van der Waals surface area contributed by atoms with Crippen molar-refractivity contribution >= 4 is 16.9 Å². The molecule has 4 heterocycles. The largest absolute Gasteiger partial charge is 0.458 e. The van der Waals surface area contributed by atoms with Crippen LogP contribution in [0.2, 0.25) is 0 Å². The van der Waals surface area contributed by atoms with E-state index in [1.807, 2.05) is 6.92 Å². The standard InChI is InChI=1S/C23H22FN3O4/c1-4-23(30)15-6-18-20-13(8-27(18)21(28)14(15)9-31-22(23)29)19(11(3)25)12-5-10(2)16(24)7-17(12)26-20/h5-7,11,30H,4,8-9,25H2,1-3H3/t11-,23-/m0/s1. The number of pyridine rings is 2. The van der Waals surface area contributed by atoms with Gasteiger partial charge in [-0.05, 0) is 43.5 Å². The van der Waals surface area contributed by atoms with Gasteiger partial charge in [-0.15, -0.1) is 0 Å². The monoisotopic (exact) mass is 423 g/mol. The van der Waals surface area contributed by atoms with Crippen molar-refractivity contribution in [3.63, 3.8) is 0 Å². The number of carbonyl (C=O) groups excluding carboxylic acids is 1. The highest BCUT2D eigenvalue weighted by Crippen LogP contribution is 2.41. The lowest BCUT2D eigenvalue weighted by Crippen LogP contribution is -2.44. The van der Waals surface area contributed by atoms with E-state index < -0.39 is 11.6 Å². The van der Waals surface area contributed by atoms with Crippen molar-refractivity contribution in [3.8, 4) is 11.4 Å². The van der Waals surface area contributed by atoms with Gasteiger partial charge in [0.15, 0.2) is 5.60 Å². The Kier molecular flexibility index (Phi) is 4.13. The third-order valence-electron chi connectivity index (χ3n) is 6.47. The lowest BCUT2D eigenvalue weighted by atomic mass is 9.86. The van der Waals surface area contributed by atoms with Crippen LogP contribution in [0.3, 0.4) is 0 Å². The minimum Gasteiger partial charge on any atom is -0.458 e. The topological polar surface area (TPSA) is 107 Å². The minimum atomic E-state index is -1.89. The molecule has 2 aliphatic rings. The second kappa shape index (κ2) is 6.45. The Labute approximate surface area is 177 Å². The minimum absolute atomic E-state index is 0.0648. The second-order valence-corrected chi connectivity index (χ2v) is 8.36. The van der Waals surface area contributed by atoms with Gasteiger partial charge in [-0.2, -0.15) is 0 Å². The third kappa shape index (κ3) is 2.55. The van der Waals surface area contributed by atoms with Gasteiger partial charge in [0.1, 0.15) is 12.4 Å². The van der Waals surface area contributed by atoms with Crippen molar-refractivity contribution in [2.45, 2.75) is 52.0 Å². The molecule has 0 saturated carbocycles. The van der Waals surface area contributed by atoms with Crippen molar-refractivity contribution < 1.29 is 19.0 Å². The number of hydrogen-bond acceptors (Lipinski definition) is 6. The van der Waals surface area contributed by atoms with Crippen molar-refractivity contribution in [1.29, 1.82) is 0 Å². The molecule has 2 aromatic heterocycles. The number of nitrogens with two attached hydrogens (primary N) is 1. The van der Waals surface area contributed by atoms with Crippen LogP contribution in [0.1, 0.15) is 54.1 Å². The van der Waals surface area contributed by atoms with Crippen LogP contribution in [-0.2, 0) is 28.3 Å². The lowest BCUT2D eigenvalue weighted by Gasteiger charge is -2.31. The number of nitrogens with zero attached hydrogens (tertiary/aromatic N) is 2.